The van der Waals surface area contributed by atoms with Crippen molar-refractivity contribution in [2.75, 3.05) is 4.72 Å². The van der Waals surface area contributed by atoms with Gasteiger partial charge in [0, 0.05) is 12.4 Å². The summed E-state index contributed by atoms with van der Waals surface area (Å²) < 4.78 is 29.4. The van der Waals surface area contributed by atoms with E-state index in [0.717, 1.165) is 0 Å². The number of hydrogen-bond acceptors (Lipinski definition) is 4. The highest BCUT2D eigenvalue weighted by Gasteiger charge is 2.25. The lowest BCUT2D eigenvalue weighted by molar-refractivity contribution is 0.596. The summed E-state index contributed by atoms with van der Waals surface area (Å²) >= 11 is 9.21. The summed E-state index contributed by atoms with van der Waals surface area (Å²) in [5.41, 5.74) is 0.447. The number of aromatic nitrogens is 3. The zero-order chi connectivity index (χ0) is 15.0. The van der Waals surface area contributed by atoms with Gasteiger partial charge in [0.05, 0.1) is 4.47 Å². The molecule has 3 rings (SSSR count). The molecule has 0 aliphatic carbocycles. The number of nitrogens with one attached hydrogen (secondary N) is 1. The van der Waals surface area contributed by atoms with E-state index in [0.29, 0.717) is 10.1 Å². The van der Waals surface area contributed by atoms with Crippen molar-refractivity contribution in [3.63, 3.8) is 0 Å². The third-order valence-corrected chi connectivity index (χ3v) is 5.07. The van der Waals surface area contributed by atoms with Crippen LogP contribution in [0, 0.1) is 0 Å². The first-order chi connectivity index (χ1) is 9.99. The summed E-state index contributed by atoms with van der Waals surface area (Å²) in [6.07, 6.45) is 3.06. The quantitative estimate of drug-likeness (QED) is 0.749. The van der Waals surface area contributed by atoms with Gasteiger partial charge in [-0.05, 0) is 40.2 Å². The van der Waals surface area contributed by atoms with E-state index in [9.17, 15) is 8.42 Å². The van der Waals surface area contributed by atoms with Gasteiger partial charge in [-0.15, -0.1) is 0 Å². The highest BCUT2D eigenvalue weighted by molar-refractivity contribution is 9.10. The van der Waals surface area contributed by atoms with Crippen LogP contribution in [0.4, 0.5) is 5.82 Å². The standard InChI is InChI=1S/C12H8BrClN4O2S/c13-8-4-3-6-15-11(8)17-21(19,20)12-10(14)16-9-5-1-2-7-18(9)12/h1-7H,(H,15,17). The summed E-state index contributed by atoms with van der Waals surface area (Å²) in [6, 6.07) is 8.48. The average molecular weight is 388 g/mol. The number of rotatable bonds is 3. The third kappa shape index (κ3) is 2.61. The molecule has 0 unspecified atom stereocenters. The molecule has 1 N–H and O–H groups in total. The van der Waals surface area contributed by atoms with Crippen LogP contribution in [0.1, 0.15) is 0 Å². The van der Waals surface area contributed by atoms with E-state index in [4.69, 9.17) is 11.6 Å². The molecule has 9 heteroatoms. The lowest BCUT2D eigenvalue weighted by Crippen LogP contribution is -2.16. The lowest BCUT2D eigenvalue weighted by Gasteiger charge is -2.08. The minimum absolute atomic E-state index is 0.0965. The number of sulfonamides is 1. The number of pyridine rings is 2. The maximum absolute atomic E-state index is 12.5. The Labute approximate surface area is 134 Å². The van der Waals surface area contributed by atoms with Crippen LogP contribution in [0.15, 0.2) is 52.2 Å². The van der Waals surface area contributed by atoms with Gasteiger partial charge in [-0.3, -0.25) is 9.12 Å². The summed E-state index contributed by atoms with van der Waals surface area (Å²) in [5.74, 6) is 0.180. The van der Waals surface area contributed by atoms with Crippen LogP contribution < -0.4 is 4.72 Å². The van der Waals surface area contributed by atoms with E-state index in [1.807, 2.05) is 0 Å². The van der Waals surface area contributed by atoms with Gasteiger partial charge in [0.1, 0.15) is 5.65 Å². The molecule has 0 aromatic carbocycles. The summed E-state index contributed by atoms with van der Waals surface area (Å²) in [7, 11) is -3.92. The van der Waals surface area contributed by atoms with Crippen LogP contribution in [0.5, 0.6) is 0 Å². The second kappa shape index (κ2) is 5.28. The summed E-state index contributed by atoms with van der Waals surface area (Å²) in [4.78, 5) is 7.99. The first-order valence-electron chi connectivity index (χ1n) is 5.75. The van der Waals surface area contributed by atoms with E-state index >= 15 is 0 Å². The fourth-order valence-electron chi connectivity index (χ4n) is 1.82. The van der Waals surface area contributed by atoms with Gasteiger partial charge in [-0.2, -0.15) is 8.42 Å². The molecule has 0 saturated heterocycles. The molecule has 3 aromatic rings. The van der Waals surface area contributed by atoms with Crippen LogP contribution >= 0.6 is 27.5 Å². The molecule has 0 fully saturated rings. The van der Waals surface area contributed by atoms with Crippen LogP contribution in [0.2, 0.25) is 5.15 Å². The lowest BCUT2D eigenvalue weighted by atomic mass is 10.5. The highest BCUT2D eigenvalue weighted by Crippen LogP contribution is 2.26. The number of nitrogens with zero attached hydrogens (tertiary/aromatic N) is 3. The molecule has 6 nitrogen and oxygen atoms in total. The Morgan fingerprint density at radius 2 is 2.05 bits per heavy atom. The fraction of sp³-hybridized carbons (Fsp3) is 0. The summed E-state index contributed by atoms with van der Waals surface area (Å²) in [6.45, 7) is 0. The predicted octanol–water partition coefficient (Wildman–Crippen LogP) is 2.95. The zero-order valence-corrected chi connectivity index (χ0v) is 13.5. The molecule has 0 amide bonds. The second-order valence-electron chi connectivity index (χ2n) is 4.08. The smallest absolute Gasteiger partial charge is 0.282 e. The van der Waals surface area contributed by atoms with E-state index in [1.54, 1.807) is 36.5 Å². The number of anilines is 1. The van der Waals surface area contributed by atoms with Crippen molar-refractivity contribution < 1.29 is 8.42 Å². The van der Waals surface area contributed by atoms with Gasteiger partial charge in [-0.1, -0.05) is 17.7 Å². The topological polar surface area (TPSA) is 76.4 Å². The number of halogens is 2. The Kier molecular flexibility index (Phi) is 3.60. The Hall–Kier alpha value is -1.64. The largest absolute Gasteiger partial charge is 0.288 e. The Morgan fingerprint density at radius 3 is 2.81 bits per heavy atom. The Balaban J connectivity index is 2.13. The Morgan fingerprint density at radius 1 is 1.24 bits per heavy atom. The maximum atomic E-state index is 12.5. The van der Waals surface area contributed by atoms with Gasteiger partial charge >= 0.3 is 0 Å². The van der Waals surface area contributed by atoms with Gasteiger partial charge in [0.2, 0.25) is 0 Å². The van der Waals surface area contributed by atoms with Gasteiger partial charge < -0.3 is 0 Å². The molecule has 21 heavy (non-hydrogen) atoms. The second-order valence-corrected chi connectivity index (χ2v) is 6.89. The van der Waals surface area contributed by atoms with Gasteiger partial charge in [-0.25, -0.2) is 9.97 Å². The number of fused-ring (bicyclic) bond motifs is 1. The minimum atomic E-state index is -3.92. The molecule has 3 heterocycles. The van der Waals surface area contributed by atoms with Crippen LogP contribution in [0.3, 0.4) is 0 Å². The van der Waals surface area contributed by atoms with Crippen molar-refractivity contribution in [1.82, 2.24) is 14.4 Å². The van der Waals surface area contributed by atoms with E-state index < -0.39 is 10.0 Å². The van der Waals surface area contributed by atoms with E-state index in [2.05, 4.69) is 30.6 Å². The van der Waals surface area contributed by atoms with E-state index in [-0.39, 0.29) is 16.0 Å². The average Bonchev–Trinajstić information content (AvgIpc) is 2.77. The van der Waals surface area contributed by atoms with Crippen molar-refractivity contribution in [1.29, 1.82) is 0 Å². The normalized spacial score (nSPS) is 11.7. The van der Waals surface area contributed by atoms with Crippen molar-refractivity contribution in [3.8, 4) is 0 Å². The van der Waals surface area contributed by atoms with Crippen molar-refractivity contribution in [3.05, 3.63) is 52.4 Å². The maximum Gasteiger partial charge on any atom is 0.282 e. The Bertz CT molecular complexity index is 926. The molecule has 0 spiro atoms. The van der Waals surface area contributed by atoms with Gasteiger partial charge in [0.25, 0.3) is 10.0 Å². The fourth-order valence-corrected chi connectivity index (χ4v) is 3.98. The highest BCUT2D eigenvalue weighted by atomic mass is 79.9. The SMILES string of the molecule is O=S(=O)(Nc1ncccc1Br)c1c(Cl)nc2ccccn12. The molecule has 3 aromatic heterocycles. The molecule has 0 bridgehead atoms. The molecule has 0 saturated carbocycles. The first-order valence-corrected chi connectivity index (χ1v) is 8.40. The molecular formula is C12H8BrClN4O2S. The van der Waals surface area contributed by atoms with Gasteiger partial charge in [0.15, 0.2) is 16.0 Å². The molecule has 0 radical (unpaired) electrons. The monoisotopic (exact) mass is 386 g/mol. The number of imidazole rings is 1. The van der Waals surface area contributed by atoms with Crippen LogP contribution in [-0.2, 0) is 10.0 Å². The third-order valence-electron chi connectivity index (χ3n) is 2.69. The van der Waals surface area contributed by atoms with Crippen LogP contribution in [0.25, 0.3) is 5.65 Å². The summed E-state index contributed by atoms with van der Waals surface area (Å²) in [5, 5.41) is -0.224. The van der Waals surface area contributed by atoms with Crippen molar-refractivity contribution >= 4 is 49.0 Å². The van der Waals surface area contributed by atoms with Crippen LogP contribution in [-0.4, -0.2) is 22.8 Å². The number of hydrogen-bond donors (Lipinski definition) is 1. The molecule has 108 valence electrons. The van der Waals surface area contributed by atoms with E-state index in [1.165, 1.54) is 10.6 Å². The molecule has 0 aliphatic heterocycles. The minimum Gasteiger partial charge on any atom is -0.288 e. The van der Waals surface area contributed by atoms with Crippen molar-refractivity contribution in [2.45, 2.75) is 5.03 Å². The first kappa shape index (κ1) is 14.3. The molecule has 0 atom stereocenters. The van der Waals surface area contributed by atoms with Crippen molar-refractivity contribution in [2.24, 2.45) is 0 Å². The molecular weight excluding hydrogens is 380 g/mol. The molecule has 0 aliphatic rings. The zero-order valence-electron chi connectivity index (χ0n) is 10.4. The predicted molar refractivity (Wildman–Crippen MR) is 82.9 cm³/mol.